The topological polar surface area (TPSA) is 57.6 Å². The van der Waals surface area contributed by atoms with Crippen LogP contribution >= 0.6 is 0 Å². The van der Waals surface area contributed by atoms with Gasteiger partial charge in [0, 0.05) is 13.1 Å². The van der Waals surface area contributed by atoms with Crippen molar-refractivity contribution < 1.29 is 13.5 Å². The summed E-state index contributed by atoms with van der Waals surface area (Å²) < 4.78 is 25.1. The SMILES string of the molecule is CC1(O)CN(S(=O)(=O)c2ccccc2)C1. The zero-order valence-electron chi connectivity index (χ0n) is 8.42. The summed E-state index contributed by atoms with van der Waals surface area (Å²) in [5.74, 6) is 0. The third kappa shape index (κ3) is 1.90. The highest BCUT2D eigenvalue weighted by molar-refractivity contribution is 7.89. The summed E-state index contributed by atoms with van der Waals surface area (Å²) in [5.41, 5.74) is -0.873. The third-order valence-corrected chi connectivity index (χ3v) is 4.22. The van der Waals surface area contributed by atoms with Crippen LogP contribution in [-0.4, -0.2) is 36.5 Å². The highest BCUT2D eigenvalue weighted by atomic mass is 32.2. The zero-order chi connectivity index (χ0) is 11.1. The molecule has 0 unspecified atom stereocenters. The van der Waals surface area contributed by atoms with Gasteiger partial charge in [0.25, 0.3) is 0 Å². The van der Waals surface area contributed by atoms with Crippen molar-refractivity contribution in [3.05, 3.63) is 30.3 Å². The largest absolute Gasteiger partial charge is 0.387 e. The van der Waals surface area contributed by atoms with Gasteiger partial charge < -0.3 is 5.11 Å². The molecule has 0 aromatic heterocycles. The van der Waals surface area contributed by atoms with E-state index in [2.05, 4.69) is 0 Å². The number of rotatable bonds is 2. The molecule has 0 bridgehead atoms. The first-order valence-corrected chi connectivity index (χ1v) is 6.13. The number of hydrogen-bond donors (Lipinski definition) is 1. The summed E-state index contributed by atoms with van der Waals surface area (Å²) in [6.07, 6.45) is 0. The van der Waals surface area contributed by atoms with E-state index in [9.17, 15) is 13.5 Å². The fourth-order valence-corrected chi connectivity index (χ4v) is 3.32. The van der Waals surface area contributed by atoms with Crippen LogP contribution in [0.2, 0.25) is 0 Å². The van der Waals surface area contributed by atoms with E-state index in [1.807, 2.05) is 0 Å². The van der Waals surface area contributed by atoms with Gasteiger partial charge in [-0.25, -0.2) is 8.42 Å². The van der Waals surface area contributed by atoms with Gasteiger partial charge in [-0.3, -0.25) is 0 Å². The van der Waals surface area contributed by atoms with Gasteiger partial charge >= 0.3 is 0 Å². The fraction of sp³-hybridized carbons (Fsp3) is 0.400. The molecule has 1 fully saturated rings. The van der Waals surface area contributed by atoms with Gasteiger partial charge in [-0.2, -0.15) is 4.31 Å². The summed E-state index contributed by atoms with van der Waals surface area (Å²) in [5, 5.41) is 9.49. The second-order valence-electron chi connectivity index (χ2n) is 4.08. The summed E-state index contributed by atoms with van der Waals surface area (Å²) in [6.45, 7) is 1.97. The van der Waals surface area contributed by atoms with E-state index in [1.165, 1.54) is 4.31 Å². The second kappa shape index (κ2) is 3.30. The average Bonchev–Trinajstić information content (AvgIpc) is 2.15. The van der Waals surface area contributed by atoms with E-state index in [4.69, 9.17) is 0 Å². The normalized spacial score (nSPS) is 20.9. The summed E-state index contributed by atoms with van der Waals surface area (Å²) in [4.78, 5) is 0.278. The van der Waals surface area contributed by atoms with Crippen molar-refractivity contribution in [2.75, 3.05) is 13.1 Å². The second-order valence-corrected chi connectivity index (χ2v) is 6.02. The Morgan fingerprint density at radius 3 is 2.27 bits per heavy atom. The zero-order valence-corrected chi connectivity index (χ0v) is 9.24. The minimum atomic E-state index is -3.40. The van der Waals surface area contributed by atoms with Crippen molar-refractivity contribution in [1.82, 2.24) is 4.31 Å². The van der Waals surface area contributed by atoms with Crippen LogP contribution in [0.15, 0.2) is 35.2 Å². The Hall–Kier alpha value is -0.910. The van der Waals surface area contributed by atoms with Gasteiger partial charge in [0.05, 0.1) is 10.5 Å². The number of sulfonamides is 1. The number of hydrogen-bond acceptors (Lipinski definition) is 3. The van der Waals surface area contributed by atoms with Crippen molar-refractivity contribution in [3.8, 4) is 0 Å². The molecule has 5 heteroatoms. The van der Waals surface area contributed by atoms with Crippen molar-refractivity contribution in [1.29, 1.82) is 0 Å². The molecule has 1 aromatic carbocycles. The highest BCUT2D eigenvalue weighted by Gasteiger charge is 2.43. The van der Waals surface area contributed by atoms with Crippen LogP contribution in [0.1, 0.15) is 6.92 Å². The van der Waals surface area contributed by atoms with Crippen LogP contribution in [0.4, 0.5) is 0 Å². The van der Waals surface area contributed by atoms with E-state index in [-0.39, 0.29) is 18.0 Å². The van der Waals surface area contributed by atoms with E-state index >= 15 is 0 Å². The van der Waals surface area contributed by atoms with Crippen molar-refractivity contribution in [3.63, 3.8) is 0 Å². The lowest BCUT2D eigenvalue weighted by Crippen LogP contribution is -2.61. The minimum Gasteiger partial charge on any atom is -0.387 e. The van der Waals surface area contributed by atoms with Crippen molar-refractivity contribution in [2.45, 2.75) is 17.4 Å². The predicted molar refractivity (Wildman–Crippen MR) is 55.8 cm³/mol. The Bertz CT molecular complexity index is 445. The molecule has 4 nitrogen and oxygen atoms in total. The smallest absolute Gasteiger partial charge is 0.243 e. The van der Waals surface area contributed by atoms with Gasteiger partial charge in [0.1, 0.15) is 0 Å². The molecule has 1 aliphatic rings. The molecule has 15 heavy (non-hydrogen) atoms. The molecular formula is C10H13NO3S. The van der Waals surface area contributed by atoms with E-state index in [1.54, 1.807) is 37.3 Å². The molecule has 2 rings (SSSR count). The fourth-order valence-electron chi connectivity index (χ4n) is 1.63. The molecule has 0 spiro atoms. The van der Waals surface area contributed by atoms with E-state index in [0.717, 1.165) is 0 Å². The molecule has 0 aliphatic carbocycles. The predicted octanol–water partition coefficient (Wildman–Crippen LogP) is 0.442. The maximum absolute atomic E-state index is 11.9. The van der Waals surface area contributed by atoms with Crippen LogP contribution in [-0.2, 0) is 10.0 Å². The molecule has 1 aliphatic heterocycles. The van der Waals surface area contributed by atoms with Gasteiger partial charge in [-0.15, -0.1) is 0 Å². The molecule has 0 radical (unpaired) electrons. The summed E-state index contributed by atoms with van der Waals surface area (Å²) >= 11 is 0. The lowest BCUT2D eigenvalue weighted by molar-refractivity contribution is -0.0426. The Morgan fingerprint density at radius 1 is 1.27 bits per heavy atom. The van der Waals surface area contributed by atoms with E-state index < -0.39 is 15.6 Å². The molecule has 0 atom stereocenters. The molecule has 82 valence electrons. The summed E-state index contributed by atoms with van der Waals surface area (Å²) in [7, 11) is -3.40. The number of benzene rings is 1. The van der Waals surface area contributed by atoms with Gasteiger partial charge in [0.15, 0.2) is 0 Å². The highest BCUT2D eigenvalue weighted by Crippen LogP contribution is 2.27. The molecule has 0 amide bonds. The third-order valence-electron chi connectivity index (χ3n) is 2.41. The Labute approximate surface area is 89.2 Å². The Kier molecular flexibility index (Phi) is 2.33. The van der Waals surface area contributed by atoms with Crippen molar-refractivity contribution >= 4 is 10.0 Å². The molecule has 1 heterocycles. The lowest BCUT2D eigenvalue weighted by atomic mass is 10.0. The Balaban J connectivity index is 2.24. The Morgan fingerprint density at radius 2 is 1.80 bits per heavy atom. The van der Waals surface area contributed by atoms with Gasteiger partial charge in [0.2, 0.25) is 10.0 Å². The monoisotopic (exact) mass is 227 g/mol. The molecule has 1 aromatic rings. The minimum absolute atomic E-state index is 0.171. The van der Waals surface area contributed by atoms with Gasteiger partial charge in [-0.1, -0.05) is 18.2 Å². The van der Waals surface area contributed by atoms with Crippen LogP contribution < -0.4 is 0 Å². The first-order valence-electron chi connectivity index (χ1n) is 4.69. The van der Waals surface area contributed by atoms with E-state index in [0.29, 0.717) is 0 Å². The van der Waals surface area contributed by atoms with Crippen LogP contribution in [0, 0.1) is 0 Å². The summed E-state index contributed by atoms with van der Waals surface area (Å²) in [6, 6.07) is 8.26. The van der Waals surface area contributed by atoms with Crippen LogP contribution in [0.5, 0.6) is 0 Å². The lowest BCUT2D eigenvalue weighted by Gasteiger charge is -2.42. The molecule has 1 N–H and O–H groups in total. The van der Waals surface area contributed by atoms with Crippen LogP contribution in [0.25, 0.3) is 0 Å². The van der Waals surface area contributed by atoms with Crippen LogP contribution in [0.3, 0.4) is 0 Å². The van der Waals surface area contributed by atoms with Crippen molar-refractivity contribution in [2.24, 2.45) is 0 Å². The molecule has 0 saturated carbocycles. The first-order chi connectivity index (χ1) is 6.92. The maximum Gasteiger partial charge on any atom is 0.243 e. The first kappa shape index (κ1) is 10.6. The maximum atomic E-state index is 11.9. The number of aliphatic hydroxyl groups is 1. The standard InChI is InChI=1S/C10H13NO3S/c1-10(12)7-11(8-10)15(13,14)9-5-3-2-4-6-9/h2-6,12H,7-8H2,1H3. The molecule has 1 saturated heterocycles. The number of nitrogens with zero attached hydrogens (tertiary/aromatic N) is 1. The quantitative estimate of drug-likeness (QED) is 0.797. The molecular weight excluding hydrogens is 214 g/mol. The number of β-amino-alcohol motifs (C(OH)–C–C–N with tert-alkyl or cyclic N) is 1. The van der Waals surface area contributed by atoms with Gasteiger partial charge in [-0.05, 0) is 19.1 Å². The average molecular weight is 227 g/mol.